The normalized spacial score (nSPS) is 24.8. The average molecular weight is 257 g/mol. The lowest BCUT2D eigenvalue weighted by Crippen LogP contribution is -1.93. The highest BCUT2D eigenvalue weighted by atomic mass is 79.9. The lowest BCUT2D eigenvalue weighted by atomic mass is 10.1. The molecule has 0 aliphatic heterocycles. The highest BCUT2D eigenvalue weighted by Gasteiger charge is 2.39. The van der Waals surface area contributed by atoms with Gasteiger partial charge in [0.05, 0.1) is 7.11 Å². The molecule has 1 aliphatic rings. The molecule has 1 aromatic rings. The summed E-state index contributed by atoms with van der Waals surface area (Å²) in [7, 11) is 1.68. The van der Waals surface area contributed by atoms with Crippen LogP contribution in [0.2, 0.25) is 0 Å². The van der Waals surface area contributed by atoms with Crippen molar-refractivity contribution in [3.63, 3.8) is 0 Å². The maximum absolute atomic E-state index is 9.02. The zero-order valence-corrected chi connectivity index (χ0v) is 9.62. The minimum atomic E-state index is 0.278. The van der Waals surface area contributed by atoms with Gasteiger partial charge in [-0.15, -0.1) is 0 Å². The van der Waals surface area contributed by atoms with Gasteiger partial charge in [-0.25, -0.2) is 0 Å². The molecule has 2 atom stereocenters. The Morgan fingerprint density at radius 2 is 2.36 bits per heavy atom. The Bertz CT molecular complexity index is 338. The number of rotatable bonds is 3. The molecule has 1 aliphatic carbocycles. The van der Waals surface area contributed by atoms with Crippen LogP contribution >= 0.6 is 15.9 Å². The Morgan fingerprint density at radius 3 is 2.93 bits per heavy atom. The van der Waals surface area contributed by atoms with E-state index in [0.29, 0.717) is 11.8 Å². The van der Waals surface area contributed by atoms with Crippen molar-refractivity contribution >= 4 is 15.9 Å². The predicted octanol–water partition coefficient (Wildman–Crippen LogP) is 2.55. The maximum Gasteiger partial charge on any atom is 0.122 e. The van der Waals surface area contributed by atoms with Crippen molar-refractivity contribution in [3.05, 3.63) is 28.2 Å². The fourth-order valence-electron chi connectivity index (χ4n) is 1.83. The molecular formula is C11H13BrO2. The first-order chi connectivity index (χ1) is 6.76. The molecular weight excluding hydrogens is 244 g/mol. The molecule has 0 spiro atoms. The van der Waals surface area contributed by atoms with Gasteiger partial charge in [-0.2, -0.15) is 0 Å². The van der Waals surface area contributed by atoms with Crippen LogP contribution in [0.4, 0.5) is 0 Å². The van der Waals surface area contributed by atoms with E-state index in [9.17, 15) is 0 Å². The highest BCUT2D eigenvalue weighted by Crippen LogP contribution is 2.50. The Labute approximate surface area is 92.0 Å². The summed E-state index contributed by atoms with van der Waals surface area (Å²) in [6.45, 7) is 0.278. The summed E-state index contributed by atoms with van der Waals surface area (Å²) in [6.07, 6.45) is 1.07. The van der Waals surface area contributed by atoms with Crippen LogP contribution in [-0.4, -0.2) is 18.8 Å². The molecule has 0 bridgehead atoms. The van der Waals surface area contributed by atoms with E-state index < -0.39 is 0 Å². The third-order valence-corrected chi connectivity index (χ3v) is 3.24. The van der Waals surface area contributed by atoms with Crippen LogP contribution in [-0.2, 0) is 0 Å². The van der Waals surface area contributed by atoms with Gasteiger partial charge in [0, 0.05) is 11.1 Å². The van der Waals surface area contributed by atoms with Gasteiger partial charge < -0.3 is 9.84 Å². The Morgan fingerprint density at radius 1 is 1.57 bits per heavy atom. The van der Waals surface area contributed by atoms with Crippen molar-refractivity contribution in [2.45, 2.75) is 12.3 Å². The zero-order valence-electron chi connectivity index (χ0n) is 8.03. The Balaban J connectivity index is 2.27. The van der Waals surface area contributed by atoms with Crippen LogP contribution in [0.1, 0.15) is 17.9 Å². The monoisotopic (exact) mass is 256 g/mol. The van der Waals surface area contributed by atoms with Crippen molar-refractivity contribution in [2.75, 3.05) is 13.7 Å². The summed E-state index contributed by atoms with van der Waals surface area (Å²) in [4.78, 5) is 0. The second kappa shape index (κ2) is 3.91. The standard InChI is InChI=1S/C11H13BrO2/c1-14-11-3-2-8(12)5-10(11)9-4-7(9)6-13/h2-3,5,7,9,13H,4,6H2,1H3. The smallest absolute Gasteiger partial charge is 0.122 e. The molecule has 0 heterocycles. The van der Waals surface area contributed by atoms with Crippen LogP contribution in [0.15, 0.2) is 22.7 Å². The van der Waals surface area contributed by atoms with Gasteiger partial charge in [-0.3, -0.25) is 0 Å². The first kappa shape index (κ1) is 9.99. The van der Waals surface area contributed by atoms with E-state index in [1.165, 1.54) is 5.56 Å². The molecule has 1 aromatic carbocycles. The molecule has 1 N–H and O–H groups in total. The van der Waals surface area contributed by atoms with E-state index in [2.05, 4.69) is 22.0 Å². The van der Waals surface area contributed by atoms with E-state index in [-0.39, 0.29) is 6.61 Å². The van der Waals surface area contributed by atoms with E-state index in [0.717, 1.165) is 16.6 Å². The summed E-state index contributed by atoms with van der Waals surface area (Å²) in [5.41, 5.74) is 1.21. The average Bonchev–Trinajstić information content (AvgIpc) is 2.96. The molecule has 2 rings (SSSR count). The molecule has 0 amide bonds. The Hall–Kier alpha value is -0.540. The van der Waals surface area contributed by atoms with Crippen molar-refractivity contribution in [1.29, 1.82) is 0 Å². The van der Waals surface area contributed by atoms with Crippen LogP contribution in [0, 0.1) is 5.92 Å². The summed E-state index contributed by atoms with van der Waals surface area (Å²) < 4.78 is 6.36. The lowest BCUT2D eigenvalue weighted by molar-refractivity contribution is 0.273. The summed E-state index contributed by atoms with van der Waals surface area (Å²) >= 11 is 3.45. The van der Waals surface area contributed by atoms with E-state index in [4.69, 9.17) is 9.84 Å². The third kappa shape index (κ3) is 1.79. The SMILES string of the molecule is COc1ccc(Br)cc1C1CC1CO. The van der Waals surface area contributed by atoms with E-state index in [1.807, 2.05) is 12.1 Å². The summed E-state index contributed by atoms with van der Waals surface area (Å²) in [5.74, 6) is 1.83. The third-order valence-electron chi connectivity index (χ3n) is 2.75. The molecule has 0 radical (unpaired) electrons. The molecule has 0 saturated heterocycles. The minimum Gasteiger partial charge on any atom is -0.496 e. The van der Waals surface area contributed by atoms with Crippen LogP contribution in [0.5, 0.6) is 5.75 Å². The lowest BCUT2D eigenvalue weighted by Gasteiger charge is -2.08. The second-order valence-electron chi connectivity index (χ2n) is 3.67. The molecule has 2 nitrogen and oxygen atoms in total. The summed E-state index contributed by atoms with van der Waals surface area (Å²) in [5, 5.41) is 9.02. The van der Waals surface area contributed by atoms with Crippen molar-refractivity contribution in [1.82, 2.24) is 0 Å². The van der Waals surface area contributed by atoms with Gasteiger partial charge in [-0.05, 0) is 42.0 Å². The van der Waals surface area contributed by atoms with Crippen LogP contribution < -0.4 is 4.74 Å². The van der Waals surface area contributed by atoms with Crippen LogP contribution in [0.3, 0.4) is 0 Å². The first-order valence-corrected chi connectivity index (χ1v) is 5.50. The van der Waals surface area contributed by atoms with Crippen LogP contribution in [0.25, 0.3) is 0 Å². The quantitative estimate of drug-likeness (QED) is 0.901. The fourth-order valence-corrected chi connectivity index (χ4v) is 2.20. The second-order valence-corrected chi connectivity index (χ2v) is 4.59. The molecule has 3 heteroatoms. The number of methoxy groups -OCH3 is 1. The van der Waals surface area contributed by atoms with Crippen molar-refractivity contribution in [3.8, 4) is 5.75 Å². The largest absolute Gasteiger partial charge is 0.496 e. The zero-order chi connectivity index (χ0) is 10.1. The van der Waals surface area contributed by atoms with Crippen molar-refractivity contribution in [2.24, 2.45) is 5.92 Å². The number of aliphatic hydroxyl groups excluding tert-OH is 1. The van der Waals surface area contributed by atoms with Gasteiger partial charge in [-0.1, -0.05) is 15.9 Å². The number of aliphatic hydroxyl groups is 1. The number of hydrogen-bond donors (Lipinski definition) is 1. The fraction of sp³-hybridized carbons (Fsp3) is 0.455. The minimum absolute atomic E-state index is 0.278. The van der Waals surface area contributed by atoms with Gasteiger partial charge in [0.25, 0.3) is 0 Å². The Kier molecular flexibility index (Phi) is 2.79. The first-order valence-electron chi connectivity index (χ1n) is 4.70. The van der Waals surface area contributed by atoms with Gasteiger partial charge in [0.1, 0.15) is 5.75 Å². The number of benzene rings is 1. The molecule has 0 aromatic heterocycles. The number of hydrogen-bond acceptors (Lipinski definition) is 2. The molecule has 1 fully saturated rings. The number of halogens is 1. The molecule has 76 valence electrons. The predicted molar refractivity (Wildman–Crippen MR) is 58.6 cm³/mol. The van der Waals surface area contributed by atoms with Crippen molar-refractivity contribution < 1.29 is 9.84 Å². The van der Waals surface area contributed by atoms with Gasteiger partial charge in [0.15, 0.2) is 0 Å². The molecule has 2 unspecified atom stereocenters. The van der Waals surface area contributed by atoms with Gasteiger partial charge >= 0.3 is 0 Å². The maximum atomic E-state index is 9.02. The molecule has 1 saturated carbocycles. The molecule has 14 heavy (non-hydrogen) atoms. The summed E-state index contributed by atoms with van der Waals surface area (Å²) in [6, 6.07) is 6.02. The van der Waals surface area contributed by atoms with E-state index >= 15 is 0 Å². The van der Waals surface area contributed by atoms with Gasteiger partial charge in [0.2, 0.25) is 0 Å². The highest BCUT2D eigenvalue weighted by molar-refractivity contribution is 9.10. The van der Waals surface area contributed by atoms with E-state index in [1.54, 1.807) is 7.11 Å². The topological polar surface area (TPSA) is 29.5 Å². The number of ether oxygens (including phenoxy) is 1.